The van der Waals surface area contributed by atoms with Gasteiger partial charge in [-0.05, 0) is 38.8 Å². The minimum atomic E-state index is 0.278. The Labute approximate surface area is 86.0 Å². The van der Waals surface area contributed by atoms with Crippen molar-refractivity contribution in [2.24, 2.45) is 0 Å². The summed E-state index contributed by atoms with van der Waals surface area (Å²) in [6.07, 6.45) is 1.87. The number of anilines is 1. The molecule has 0 radical (unpaired) electrons. The predicted octanol–water partition coefficient (Wildman–Crippen LogP) is 2.57. The van der Waals surface area contributed by atoms with Crippen LogP contribution >= 0.6 is 0 Å². The monoisotopic (exact) mass is 193 g/mol. The number of hydrogen-bond donors (Lipinski definition) is 2. The van der Waals surface area contributed by atoms with Crippen LogP contribution in [0.15, 0.2) is 24.3 Å². The number of benzene rings is 1. The van der Waals surface area contributed by atoms with E-state index in [0.29, 0.717) is 6.04 Å². The Morgan fingerprint density at radius 1 is 1.29 bits per heavy atom. The zero-order valence-corrected chi connectivity index (χ0v) is 8.96. The van der Waals surface area contributed by atoms with Crippen LogP contribution in [-0.2, 0) is 0 Å². The second kappa shape index (κ2) is 5.66. The van der Waals surface area contributed by atoms with Gasteiger partial charge in [0.15, 0.2) is 0 Å². The molecule has 0 saturated carbocycles. The molecule has 0 aromatic heterocycles. The van der Waals surface area contributed by atoms with Gasteiger partial charge in [0.05, 0.1) is 0 Å². The van der Waals surface area contributed by atoms with Gasteiger partial charge in [0.25, 0.3) is 0 Å². The van der Waals surface area contributed by atoms with E-state index >= 15 is 0 Å². The van der Waals surface area contributed by atoms with Gasteiger partial charge >= 0.3 is 0 Å². The zero-order valence-electron chi connectivity index (χ0n) is 8.96. The Bertz CT molecular complexity index is 256. The fraction of sp³-hybridized carbons (Fsp3) is 0.500. The van der Waals surface area contributed by atoms with Gasteiger partial charge in [0.2, 0.25) is 0 Å². The molecule has 2 heteroatoms. The van der Waals surface area contributed by atoms with E-state index in [4.69, 9.17) is 5.11 Å². The number of aliphatic hydroxyl groups excluding tert-OH is 1. The number of rotatable bonds is 5. The van der Waals surface area contributed by atoms with Crippen molar-refractivity contribution >= 4 is 5.69 Å². The van der Waals surface area contributed by atoms with E-state index in [-0.39, 0.29) is 6.61 Å². The quantitative estimate of drug-likeness (QED) is 0.753. The lowest BCUT2D eigenvalue weighted by Gasteiger charge is -2.14. The van der Waals surface area contributed by atoms with Crippen molar-refractivity contribution in [1.29, 1.82) is 0 Å². The first kappa shape index (κ1) is 11.1. The first-order chi connectivity index (χ1) is 6.72. The minimum Gasteiger partial charge on any atom is -0.396 e. The highest BCUT2D eigenvalue weighted by molar-refractivity contribution is 5.44. The summed E-state index contributed by atoms with van der Waals surface area (Å²) in [7, 11) is 0. The van der Waals surface area contributed by atoms with E-state index in [9.17, 15) is 0 Å². The summed E-state index contributed by atoms with van der Waals surface area (Å²) in [6.45, 7) is 4.49. The lowest BCUT2D eigenvalue weighted by Crippen LogP contribution is -2.15. The third kappa shape index (κ3) is 3.79. The molecule has 0 saturated heterocycles. The molecule has 0 spiro atoms. The Morgan fingerprint density at radius 2 is 1.93 bits per heavy atom. The molecule has 0 unspecified atom stereocenters. The summed E-state index contributed by atoms with van der Waals surface area (Å²) in [5.74, 6) is 0. The van der Waals surface area contributed by atoms with Crippen LogP contribution in [-0.4, -0.2) is 17.8 Å². The number of aliphatic hydroxyl groups is 1. The third-order valence-electron chi connectivity index (χ3n) is 2.26. The number of nitrogens with one attached hydrogen (secondary N) is 1. The minimum absolute atomic E-state index is 0.278. The van der Waals surface area contributed by atoms with E-state index < -0.39 is 0 Å². The summed E-state index contributed by atoms with van der Waals surface area (Å²) < 4.78 is 0. The highest BCUT2D eigenvalue weighted by Gasteiger charge is 2.00. The molecule has 0 aliphatic heterocycles. The molecule has 14 heavy (non-hydrogen) atoms. The molecule has 1 atom stereocenters. The molecule has 2 nitrogen and oxygen atoms in total. The average Bonchev–Trinajstić information content (AvgIpc) is 2.18. The summed E-state index contributed by atoms with van der Waals surface area (Å²) in [5, 5.41) is 12.1. The van der Waals surface area contributed by atoms with Gasteiger partial charge in [-0.15, -0.1) is 0 Å². The molecular formula is C12H19NO. The van der Waals surface area contributed by atoms with Crippen LogP contribution in [0, 0.1) is 6.92 Å². The van der Waals surface area contributed by atoms with Gasteiger partial charge < -0.3 is 10.4 Å². The molecule has 1 rings (SSSR count). The molecule has 0 aliphatic rings. The maximum absolute atomic E-state index is 8.69. The van der Waals surface area contributed by atoms with E-state index in [0.717, 1.165) is 18.5 Å². The Balaban J connectivity index is 2.39. The highest BCUT2D eigenvalue weighted by atomic mass is 16.2. The second-order valence-electron chi connectivity index (χ2n) is 3.78. The first-order valence-electron chi connectivity index (χ1n) is 5.16. The zero-order chi connectivity index (χ0) is 10.4. The molecule has 2 N–H and O–H groups in total. The van der Waals surface area contributed by atoms with Gasteiger partial charge in [-0.2, -0.15) is 0 Å². The molecule has 0 bridgehead atoms. The first-order valence-corrected chi connectivity index (χ1v) is 5.16. The van der Waals surface area contributed by atoms with Crippen LogP contribution < -0.4 is 5.32 Å². The Kier molecular flexibility index (Phi) is 4.47. The standard InChI is InChI=1S/C12H19NO/c1-10-5-7-12(8-6-10)13-11(2)4-3-9-14/h5-8,11,13-14H,3-4,9H2,1-2H3/t11-/m0/s1. The van der Waals surface area contributed by atoms with Crippen LogP contribution in [0.3, 0.4) is 0 Å². The van der Waals surface area contributed by atoms with Crippen LogP contribution in [0.2, 0.25) is 0 Å². The smallest absolute Gasteiger partial charge is 0.0431 e. The Morgan fingerprint density at radius 3 is 2.50 bits per heavy atom. The molecule has 0 aliphatic carbocycles. The highest BCUT2D eigenvalue weighted by Crippen LogP contribution is 2.11. The fourth-order valence-corrected chi connectivity index (χ4v) is 1.40. The third-order valence-corrected chi connectivity index (χ3v) is 2.26. The molecule has 0 fully saturated rings. The summed E-state index contributed by atoms with van der Waals surface area (Å²) >= 11 is 0. The van der Waals surface area contributed by atoms with Crippen LogP contribution in [0.5, 0.6) is 0 Å². The van der Waals surface area contributed by atoms with Crippen LogP contribution in [0.4, 0.5) is 5.69 Å². The van der Waals surface area contributed by atoms with Crippen molar-refractivity contribution in [1.82, 2.24) is 0 Å². The lowest BCUT2D eigenvalue weighted by atomic mass is 10.1. The van der Waals surface area contributed by atoms with Crippen molar-refractivity contribution in [2.75, 3.05) is 11.9 Å². The average molecular weight is 193 g/mol. The SMILES string of the molecule is Cc1ccc(N[C@@H](C)CCCO)cc1. The number of hydrogen-bond acceptors (Lipinski definition) is 2. The normalized spacial score (nSPS) is 12.5. The van der Waals surface area contributed by atoms with Crippen molar-refractivity contribution in [3.63, 3.8) is 0 Å². The largest absolute Gasteiger partial charge is 0.396 e. The van der Waals surface area contributed by atoms with Crippen molar-refractivity contribution in [3.05, 3.63) is 29.8 Å². The van der Waals surface area contributed by atoms with E-state index in [1.807, 2.05) is 0 Å². The lowest BCUT2D eigenvalue weighted by molar-refractivity contribution is 0.282. The van der Waals surface area contributed by atoms with Gasteiger partial charge in [0.1, 0.15) is 0 Å². The molecular weight excluding hydrogens is 174 g/mol. The molecule has 78 valence electrons. The van der Waals surface area contributed by atoms with Gasteiger partial charge in [-0.1, -0.05) is 17.7 Å². The molecule has 0 amide bonds. The van der Waals surface area contributed by atoms with Crippen LogP contribution in [0.25, 0.3) is 0 Å². The predicted molar refractivity (Wildman–Crippen MR) is 60.6 cm³/mol. The van der Waals surface area contributed by atoms with Gasteiger partial charge in [-0.3, -0.25) is 0 Å². The van der Waals surface area contributed by atoms with E-state index in [2.05, 4.69) is 43.4 Å². The molecule has 1 aromatic rings. The maximum Gasteiger partial charge on any atom is 0.0431 e. The van der Waals surface area contributed by atoms with Crippen molar-refractivity contribution < 1.29 is 5.11 Å². The maximum atomic E-state index is 8.69. The summed E-state index contributed by atoms with van der Waals surface area (Å²) in [4.78, 5) is 0. The van der Waals surface area contributed by atoms with Crippen molar-refractivity contribution in [2.45, 2.75) is 32.7 Å². The van der Waals surface area contributed by atoms with Crippen LogP contribution in [0.1, 0.15) is 25.3 Å². The van der Waals surface area contributed by atoms with Gasteiger partial charge in [0, 0.05) is 18.3 Å². The molecule has 0 heterocycles. The molecule has 1 aromatic carbocycles. The van der Waals surface area contributed by atoms with Gasteiger partial charge in [-0.25, -0.2) is 0 Å². The fourth-order valence-electron chi connectivity index (χ4n) is 1.40. The summed E-state index contributed by atoms with van der Waals surface area (Å²) in [5.41, 5.74) is 2.43. The van der Waals surface area contributed by atoms with Crippen molar-refractivity contribution in [3.8, 4) is 0 Å². The topological polar surface area (TPSA) is 32.3 Å². The van der Waals surface area contributed by atoms with E-state index in [1.165, 1.54) is 5.56 Å². The Hall–Kier alpha value is -1.02. The second-order valence-corrected chi connectivity index (χ2v) is 3.78. The summed E-state index contributed by atoms with van der Waals surface area (Å²) in [6, 6.07) is 8.79. The number of aryl methyl sites for hydroxylation is 1. The van der Waals surface area contributed by atoms with E-state index in [1.54, 1.807) is 0 Å².